The van der Waals surface area contributed by atoms with E-state index < -0.39 is 6.10 Å². The third kappa shape index (κ3) is 4.21. The van der Waals surface area contributed by atoms with Gasteiger partial charge in [-0.2, -0.15) is 5.10 Å². The van der Waals surface area contributed by atoms with Crippen molar-refractivity contribution in [3.63, 3.8) is 0 Å². The van der Waals surface area contributed by atoms with E-state index in [1.165, 1.54) is 11.1 Å². The van der Waals surface area contributed by atoms with Crippen molar-refractivity contribution in [2.24, 2.45) is 0 Å². The number of hydrogen-bond acceptors (Lipinski definition) is 6. The standard InChI is InChI=1S/C21H26N6O/c1-15-9-16(2)27(25-15)21-12-22-11-20(24-21)23-10-19(28)14-26-8-7-17-5-3-4-6-18(17)13-26/h3-6,9,11-12,19,28H,7-8,10,13-14H2,1-2H3,(H,23,24). The van der Waals surface area contributed by atoms with Gasteiger partial charge in [-0.05, 0) is 37.5 Å². The highest BCUT2D eigenvalue weighted by molar-refractivity contribution is 5.36. The summed E-state index contributed by atoms with van der Waals surface area (Å²) in [6, 6.07) is 10.5. The van der Waals surface area contributed by atoms with Gasteiger partial charge in [0.25, 0.3) is 0 Å². The molecule has 0 fully saturated rings. The second-order valence-electron chi connectivity index (χ2n) is 7.39. The lowest BCUT2D eigenvalue weighted by molar-refractivity contribution is 0.114. The Kier molecular flexibility index (Phi) is 5.36. The number of aliphatic hydroxyl groups is 1. The lowest BCUT2D eigenvalue weighted by atomic mass is 10.00. The molecule has 0 radical (unpaired) electrons. The minimum atomic E-state index is -0.482. The first-order valence-electron chi connectivity index (χ1n) is 9.65. The summed E-state index contributed by atoms with van der Waals surface area (Å²) < 4.78 is 1.77. The van der Waals surface area contributed by atoms with Gasteiger partial charge in [0.1, 0.15) is 5.82 Å². The van der Waals surface area contributed by atoms with Crippen molar-refractivity contribution in [1.29, 1.82) is 0 Å². The third-order valence-corrected chi connectivity index (χ3v) is 5.05. The number of anilines is 1. The zero-order valence-corrected chi connectivity index (χ0v) is 16.3. The van der Waals surface area contributed by atoms with E-state index in [0.717, 1.165) is 30.9 Å². The number of rotatable bonds is 6. The van der Waals surface area contributed by atoms with Crippen molar-refractivity contribution in [3.8, 4) is 5.82 Å². The van der Waals surface area contributed by atoms with Crippen molar-refractivity contribution < 1.29 is 5.11 Å². The van der Waals surface area contributed by atoms with Gasteiger partial charge < -0.3 is 10.4 Å². The maximum absolute atomic E-state index is 10.5. The normalized spacial score (nSPS) is 15.2. The molecular formula is C21H26N6O. The van der Waals surface area contributed by atoms with Crippen LogP contribution in [0.2, 0.25) is 0 Å². The van der Waals surface area contributed by atoms with Crippen molar-refractivity contribution in [2.45, 2.75) is 32.9 Å². The minimum absolute atomic E-state index is 0.424. The Morgan fingerprint density at radius 3 is 2.79 bits per heavy atom. The highest BCUT2D eigenvalue weighted by Crippen LogP contribution is 2.18. The van der Waals surface area contributed by atoms with Crippen LogP contribution in [0.15, 0.2) is 42.7 Å². The van der Waals surface area contributed by atoms with E-state index in [1.54, 1.807) is 17.1 Å². The zero-order chi connectivity index (χ0) is 19.5. The molecule has 1 atom stereocenters. The zero-order valence-electron chi connectivity index (χ0n) is 16.3. The summed E-state index contributed by atoms with van der Waals surface area (Å²) >= 11 is 0. The van der Waals surface area contributed by atoms with Crippen LogP contribution in [0, 0.1) is 13.8 Å². The summed E-state index contributed by atoms with van der Waals surface area (Å²) in [5.41, 5.74) is 4.73. The monoisotopic (exact) mass is 378 g/mol. The van der Waals surface area contributed by atoms with Crippen LogP contribution >= 0.6 is 0 Å². The number of aliphatic hydroxyl groups excluding tert-OH is 1. The first kappa shape index (κ1) is 18.6. The van der Waals surface area contributed by atoms with Crippen molar-refractivity contribution in [1.82, 2.24) is 24.6 Å². The molecule has 0 saturated carbocycles. The number of nitrogens with one attached hydrogen (secondary N) is 1. The molecule has 2 aromatic heterocycles. The molecule has 1 aromatic carbocycles. The van der Waals surface area contributed by atoms with Crippen molar-refractivity contribution in [3.05, 3.63) is 65.2 Å². The van der Waals surface area contributed by atoms with Gasteiger partial charge >= 0.3 is 0 Å². The van der Waals surface area contributed by atoms with Gasteiger partial charge in [0.2, 0.25) is 0 Å². The van der Waals surface area contributed by atoms with E-state index in [0.29, 0.717) is 24.7 Å². The average molecular weight is 378 g/mol. The molecule has 0 spiro atoms. The highest BCUT2D eigenvalue weighted by Gasteiger charge is 2.18. The molecule has 1 aliphatic heterocycles. The minimum Gasteiger partial charge on any atom is -0.390 e. The molecule has 0 bridgehead atoms. The Morgan fingerprint density at radius 2 is 2.00 bits per heavy atom. The molecule has 3 heterocycles. The van der Waals surface area contributed by atoms with E-state index in [2.05, 4.69) is 49.5 Å². The number of hydrogen-bond donors (Lipinski definition) is 2. The van der Waals surface area contributed by atoms with Crippen LogP contribution in [0.1, 0.15) is 22.5 Å². The van der Waals surface area contributed by atoms with Gasteiger partial charge in [0, 0.05) is 31.9 Å². The van der Waals surface area contributed by atoms with Crippen molar-refractivity contribution in [2.75, 3.05) is 25.0 Å². The number of β-amino-alcohol motifs (C(OH)–C–C–N with tert-alkyl or cyclic N) is 1. The smallest absolute Gasteiger partial charge is 0.174 e. The summed E-state index contributed by atoms with van der Waals surface area (Å²) in [6.07, 6.45) is 3.90. The quantitative estimate of drug-likeness (QED) is 0.684. The van der Waals surface area contributed by atoms with Crippen LogP contribution in [0.5, 0.6) is 0 Å². The Labute approximate surface area is 165 Å². The summed E-state index contributed by atoms with van der Waals surface area (Å²) in [5, 5.41) is 18.1. The molecule has 1 unspecified atom stereocenters. The fraction of sp³-hybridized carbons (Fsp3) is 0.381. The van der Waals surface area contributed by atoms with Crippen LogP contribution in [0.4, 0.5) is 5.82 Å². The van der Waals surface area contributed by atoms with Crippen LogP contribution in [-0.4, -0.2) is 55.5 Å². The molecule has 0 saturated heterocycles. The average Bonchev–Trinajstić information content (AvgIpc) is 3.04. The predicted molar refractivity (Wildman–Crippen MR) is 109 cm³/mol. The van der Waals surface area contributed by atoms with Crippen LogP contribution < -0.4 is 5.32 Å². The first-order chi connectivity index (χ1) is 13.6. The van der Waals surface area contributed by atoms with Gasteiger partial charge in [0.05, 0.1) is 24.2 Å². The molecule has 146 valence electrons. The third-order valence-electron chi connectivity index (χ3n) is 5.05. The number of benzene rings is 1. The van der Waals surface area contributed by atoms with Gasteiger partial charge in [-0.15, -0.1) is 0 Å². The molecule has 4 rings (SSSR count). The summed E-state index contributed by atoms with van der Waals surface area (Å²) in [7, 11) is 0. The van der Waals surface area contributed by atoms with Crippen LogP contribution in [0.3, 0.4) is 0 Å². The van der Waals surface area contributed by atoms with Gasteiger partial charge in [-0.3, -0.25) is 9.88 Å². The van der Waals surface area contributed by atoms with E-state index in [-0.39, 0.29) is 0 Å². The first-order valence-corrected chi connectivity index (χ1v) is 9.65. The second kappa shape index (κ2) is 8.08. The summed E-state index contributed by atoms with van der Waals surface area (Å²) in [6.45, 7) is 6.86. The van der Waals surface area contributed by atoms with Crippen LogP contribution in [0.25, 0.3) is 5.82 Å². The molecule has 7 heteroatoms. The molecule has 2 N–H and O–H groups in total. The highest BCUT2D eigenvalue weighted by atomic mass is 16.3. The van der Waals surface area contributed by atoms with Crippen molar-refractivity contribution >= 4 is 5.82 Å². The lowest BCUT2D eigenvalue weighted by Gasteiger charge is -2.30. The molecule has 1 aliphatic rings. The molecule has 28 heavy (non-hydrogen) atoms. The Balaban J connectivity index is 1.33. The molecule has 0 amide bonds. The number of aryl methyl sites for hydroxylation is 2. The predicted octanol–water partition coefficient (Wildman–Crippen LogP) is 2.11. The Bertz CT molecular complexity index is 954. The lowest BCUT2D eigenvalue weighted by Crippen LogP contribution is -2.39. The van der Waals surface area contributed by atoms with Gasteiger partial charge in [-0.1, -0.05) is 24.3 Å². The number of nitrogens with zero attached hydrogens (tertiary/aromatic N) is 5. The number of aromatic nitrogens is 4. The fourth-order valence-corrected chi connectivity index (χ4v) is 3.70. The molecule has 3 aromatic rings. The van der Waals surface area contributed by atoms with Gasteiger partial charge in [-0.25, -0.2) is 9.67 Å². The second-order valence-corrected chi connectivity index (χ2v) is 7.39. The van der Waals surface area contributed by atoms with Gasteiger partial charge in [0.15, 0.2) is 5.82 Å². The number of fused-ring (bicyclic) bond motifs is 1. The summed E-state index contributed by atoms with van der Waals surface area (Å²) in [5.74, 6) is 1.30. The Hall–Kier alpha value is -2.77. The Morgan fingerprint density at radius 1 is 1.18 bits per heavy atom. The van der Waals surface area contributed by atoms with E-state index >= 15 is 0 Å². The van der Waals surface area contributed by atoms with E-state index in [9.17, 15) is 5.11 Å². The fourth-order valence-electron chi connectivity index (χ4n) is 3.70. The van der Waals surface area contributed by atoms with E-state index in [4.69, 9.17) is 0 Å². The van der Waals surface area contributed by atoms with E-state index in [1.807, 2.05) is 19.9 Å². The molecule has 0 aliphatic carbocycles. The topological polar surface area (TPSA) is 79.1 Å². The summed E-state index contributed by atoms with van der Waals surface area (Å²) in [4.78, 5) is 11.1. The SMILES string of the molecule is Cc1cc(C)n(-c2cncc(NCC(O)CN3CCc4ccccc4C3)n2)n1. The maximum Gasteiger partial charge on any atom is 0.174 e. The molecular weight excluding hydrogens is 352 g/mol. The largest absolute Gasteiger partial charge is 0.390 e. The maximum atomic E-state index is 10.5. The van der Waals surface area contributed by atoms with Crippen LogP contribution in [-0.2, 0) is 13.0 Å². The molecule has 7 nitrogen and oxygen atoms in total.